The maximum Gasteiger partial charge on any atom is 0.334 e. The maximum atomic E-state index is 14.4. The van der Waals surface area contributed by atoms with Crippen molar-refractivity contribution in [1.29, 1.82) is 0 Å². The van der Waals surface area contributed by atoms with E-state index in [2.05, 4.69) is 29.6 Å². The van der Waals surface area contributed by atoms with Crippen LogP contribution in [-0.2, 0) is 22.6 Å². The van der Waals surface area contributed by atoms with E-state index in [4.69, 9.17) is 0 Å². The molecule has 1 N–H and O–H groups in total. The van der Waals surface area contributed by atoms with Gasteiger partial charge in [0.05, 0.1) is 13.1 Å². The first-order valence-electron chi connectivity index (χ1n) is 15.2. The van der Waals surface area contributed by atoms with Crippen molar-refractivity contribution in [3.63, 3.8) is 0 Å². The number of hydrazine groups is 1. The first-order valence-corrected chi connectivity index (χ1v) is 15.2. The highest BCUT2D eigenvalue weighted by Crippen LogP contribution is 2.32. The molecule has 9 heteroatoms. The zero-order valence-corrected chi connectivity index (χ0v) is 25.1. The summed E-state index contributed by atoms with van der Waals surface area (Å²) in [4.78, 5) is 45.2. The lowest BCUT2D eigenvalue weighted by Gasteiger charge is -2.54. The van der Waals surface area contributed by atoms with Crippen LogP contribution in [0.1, 0.15) is 28.2 Å². The second-order valence-electron chi connectivity index (χ2n) is 11.5. The second-order valence-corrected chi connectivity index (χ2v) is 11.5. The summed E-state index contributed by atoms with van der Waals surface area (Å²) in [5, 5.41) is 6.09. The minimum absolute atomic E-state index is 0.0459. The number of rotatable bonds is 8. The molecular formula is C36H36FN5O3. The van der Waals surface area contributed by atoms with Crippen molar-refractivity contribution >= 4 is 17.8 Å². The monoisotopic (exact) mass is 605 g/mol. The van der Waals surface area contributed by atoms with Gasteiger partial charge in [0.1, 0.15) is 18.0 Å². The molecule has 230 valence electrons. The number of halogens is 1. The molecule has 4 aromatic rings. The number of likely N-dealkylation sites (N-methyl/N-ethyl adjacent to an activating group) is 1. The van der Waals surface area contributed by atoms with Crippen LogP contribution in [0.3, 0.4) is 0 Å². The molecule has 2 heterocycles. The third-order valence-electron chi connectivity index (χ3n) is 8.58. The zero-order valence-electron chi connectivity index (χ0n) is 25.1. The number of nitrogens with one attached hydrogen (secondary N) is 1. The van der Waals surface area contributed by atoms with E-state index in [0.717, 1.165) is 22.3 Å². The van der Waals surface area contributed by atoms with Gasteiger partial charge in [0.15, 0.2) is 0 Å². The van der Waals surface area contributed by atoms with Crippen molar-refractivity contribution in [3.8, 4) is 0 Å². The Morgan fingerprint density at radius 2 is 1.40 bits per heavy atom. The topological polar surface area (TPSA) is 76.2 Å². The van der Waals surface area contributed by atoms with Crippen molar-refractivity contribution in [2.75, 3.05) is 26.7 Å². The average molecular weight is 606 g/mol. The van der Waals surface area contributed by atoms with E-state index < -0.39 is 18.2 Å². The van der Waals surface area contributed by atoms with Gasteiger partial charge in [0.25, 0.3) is 0 Å². The number of hydrogen-bond acceptors (Lipinski definition) is 4. The quantitative estimate of drug-likeness (QED) is 0.318. The summed E-state index contributed by atoms with van der Waals surface area (Å²) in [5.74, 6) is -0.813. The maximum absolute atomic E-state index is 14.4. The molecule has 2 fully saturated rings. The molecular weight excluding hydrogens is 569 g/mol. The summed E-state index contributed by atoms with van der Waals surface area (Å²) in [6.07, 6.45) is -0.391. The van der Waals surface area contributed by atoms with Crippen molar-refractivity contribution in [2.45, 2.75) is 31.1 Å². The van der Waals surface area contributed by atoms with Gasteiger partial charge >= 0.3 is 6.03 Å². The van der Waals surface area contributed by atoms with E-state index >= 15 is 0 Å². The fourth-order valence-corrected chi connectivity index (χ4v) is 6.36. The Kier molecular flexibility index (Phi) is 8.89. The lowest BCUT2D eigenvalue weighted by Crippen LogP contribution is -2.76. The molecule has 2 saturated heterocycles. The Hall–Kier alpha value is -5.02. The number of nitrogens with zero attached hydrogens (tertiary/aromatic N) is 4. The molecule has 45 heavy (non-hydrogen) atoms. The lowest BCUT2D eigenvalue weighted by atomic mass is 9.89. The molecule has 4 aromatic carbocycles. The van der Waals surface area contributed by atoms with Gasteiger partial charge in [-0.3, -0.25) is 9.59 Å². The largest absolute Gasteiger partial charge is 0.336 e. The Balaban J connectivity index is 1.34. The molecule has 8 nitrogen and oxygen atoms in total. The molecule has 0 saturated carbocycles. The summed E-state index contributed by atoms with van der Waals surface area (Å²) in [6, 6.07) is 34.6. The molecule has 0 unspecified atom stereocenters. The number of piperazine rings is 1. The van der Waals surface area contributed by atoms with Gasteiger partial charge in [-0.2, -0.15) is 0 Å². The van der Waals surface area contributed by atoms with E-state index in [1.807, 2.05) is 71.6 Å². The van der Waals surface area contributed by atoms with Crippen LogP contribution in [0, 0.1) is 5.82 Å². The highest BCUT2D eigenvalue weighted by atomic mass is 19.1. The van der Waals surface area contributed by atoms with E-state index in [-0.39, 0.29) is 43.2 Å². The summed E-state index contributed by atoms with van der Waals surface area (Å²) in [6.45, 7) is 0.672. The van der Waals surface area contributed by atoms with Crippen LogP contribution in [0.5, 0.6) is 0 Å². The number of benzene rings is 4. The van der Waals surface area contributed by atoms with E-state index in [1.54, 1.807) is 34.1 Å². The number of carbonyl (C=O) groups excluding carboxylic acids is 3. The number of fused-ring (bicyclic) bond motifs is 1. The van der Waals surface area contributed by atoms with Crippen molar-refractivity contribution in [2.24, 2.45) is 0 Å². The highest BCUT2D eigenvalue weighted by molar-refractivity contribution is 5.91. The molecule has 0 aliphatic carbocycles. The van der Waals surface area contributed by atoms with Crippen LogP contribution in [0.4, 0.5) is 9.18 Å². The van der Waals surface area contributed by atoms with Gasteiger partial charge in [0.2, 0.25) is 11.8 Å². The van der Waals surface area contributed by atoms with Gasteiger partial charge in [-0.1, -0.05) is 103 Å². The Bertz CT molecular complexity index is 1580. The van der Waals surface area contributed by atoms with Gasteiger partial charge in [-0.25, -0.2) is 19.2 Å². The Labute approximate surface area is 262 Å². The van der Waals surface area contributed by atoms with Gasteiger partial charge in [-0.15, -0.1) is 0 Å². The Morgan fingerprint density at radius 1 is 0.822 bits per heavy atom. The van der Waals surface area contributed by atoms with Crippen LogP contribution >= 0.6 is 0 Å². The normalized spacial score (nSPS) is 18.7. The Morgan fingerprint density at radius 3 is 2.00 bits per heavy atom. The molecule has 0 spiro atoms. The molecule has 2 aliphatic rings. The molecule has 6 rings (SSSR count). The zero-order chi connectivity index (χ0) is 31.3. The summed E-state index contributed by atoms with van der Waals surface area (Å²) in [7, 11) is 1.70. The van der Waals surface area contributed by atoms with E-state index in [1.165, 1.54) is 12.1 Å². The minimum atomic E-state index is -0.785. The van der Waals surface area contributed by atoms with E-state index in [9.17, 15) is 18.8 Å². The fourth-order valence-electron chi connectivity index (χ4n) is 6.36. The van der Waals surface area contributed by atoms with Gasteiger partial charge in [0, 0.05) is 32.5 Å². The van der Waals surface area contributed by atoms with Crippen molar-refractivity contribution in [3.05, 3.63) is 143 Å². The van der Waals surface area contributed by atoms with Gasteiger partial charge in [-0.05, 0) is 34.4 Å². The highest BCUT2D eigenvalue weighted by Gasteiger charge is 2.51. The van der Waals surface area contributed by atoms with Crippen molar-refractivity contribution in [1.82, 2.24) is 25.1 Å². The summed E-state index contributed by atoms with van der Waals surface area (Å²) in [5.41, 5.74) is 3.82. The summed E-state index contributed by atoms with van der Waals surface area (Å²) < 4.78 is 13.4. The number of carbonyl (C=O) groups is 3. The van der Waals surface area contributed by atoms with Crippen LogP contribution in [0.2, 0.25) is 0 Å². The standard InChI is InChI=1S/C36H36FN5O3/c1-39-25-34(43)41-32(21-26-11-5-2-6-12-26)35(44)40(23-31(28-13-7-3-8-14-28)29-15-9-4-10-16-29)24-33(41)42(39)36(45)38-22-27-17-19-30(37)20-18-27/h2-20,31-33H,21-25H2,1H3,(H,38,45)/t32-,33-/m0/s1. The van der Waals surface area contributed by atoms with E-state index in [0.29, 0.717) is 13.0 Å². The van der Waals surface area contributed by atoms with Crippen LogP contribution in [-0.4, -0.2) is 76.6 Å². The van der Waals surface area contributed by atoms with Crippen molar-refractivity contribution < 1.29 is 18.8 Å². The third kappa shape index (κ3) is 6.58. The first-order chi connectivity index (χ1) is 21.9. The molecule has 0 radical (unpaired) electrons. The average Bonchev–Trinajstić information content (AvgIpc) is 3.06. The number of amides is 4. The fraction of sp³-hybridized carbons (Fsp3) is 0.250. The molecule has 4 amide bonds. The number of hydrogen-bond donors (Lipinski definition) is 1. The molecule has 2 aliphatic heterocycles. The smallest absolute Gasteiger partial charge is 0.334 e. The predicted octanol–water partition coefficient (Wildman–Crippen LogP) is 4.64. The lowest BCUT2D eigenvalue weighted by molar-refractivity contribution is -0.187. The predicted molar refractivity (Wildman–Crippen MR) is 169 cm³/mol. The van der Waals surface area contributed by atoms with Gasteiger partial charge < -0.3 is 15.1 Å². The minimum Gasteiger partial charge on any atom is -0.336 e. The third-order valence-corrected chi connectivity index (χ3v) is 8.58. The molecule has 0 aromatic heterocycles. The van der Waals surface area contributed by atoms with Crippen LogP contribution < -0.4 is 5.32 Å². The SMILES string of the molecule is CN1CC(=O)N2[C@@H](Cc3ccccc3)C(=O)N(CC(c3ccccc3)c3ccccc3)C[C@@H]2N1C(=O)NCc1ccc(F)cc1. The second kappa shape index (κ2) is 13.3. The first kappa shape index (κ1) is 30.0. The molecule has 0 bridgehead atoms. The summed E-state index contributed by atoms with van der Waals surface area (Å²) >= 11 is 0. The van der Waals surface area contributed by atoms with Crippen LogP contribution in [0.15, 0.2) is 115 Å². The van der Waals surface area contributed by atoms with Crippen LogP contribution in [0.25, 0.3) is 0 Å². The number of urea groups is 1. The molecule has 2 atom stereocenters.